The summed E-state index contributed by atoms with van der Waals surface area (Å²) < 4.78 is 70.5. The molecule has 10 heteroatoms. The first kappa shape index (κ1) is 21.3. The Labute approximate surface area is 182 Å². The Morgan fingerprint density at radius 1 is 1.25 bits per heavy atom. The molecule has 0 amide bonds. The summed E-state index contributed by atoms with van der Waals surface area (Å²) >= 11 is 0. The maximum absolute atomic E-state index is 13.5. The van der Waals surface area contributed by atoms with Gasteiger partial charge in [0.15, 0.2) is 0 Å². The van der Waals surface area contributed by atoms with E-state index in [1.165, 1.54) is 13.2 Å². The van der Waals surface area contributed by atoms with Crippen molar-refractivity contribution in [2.45, 2.75) is 36.2 Å². The predicted octanol–water partition coefficient (Wildman–Crippen LogP) is 3.36. The third-order valence-corrected chi connectivity index (χ3v) is 8.62. The number of aromatic nitrogens is 1. The highest BCUT2D eigenvalue weighted by Crippen LogP contribution is 2.52. The highest BCUT2D eigenvalue weighted by Gasteiger charge is 2.60. The van der Waals surface area contributed by atoms with Crippen LogP contribution in [0.3, 0.4) is 0 Å². The second-order valence-electron chi connectivity index (χ2n) is 8.36. The van der Waals surface area contributed by atoms with E-state index in [1.54, 1.807) is 6.08 Å². The topological polar surface area (TPSA) is 79.5 Å². The number of carbonyl (C=O) groups is 1. The fourth-order valence-electron chi connectivity index (χ4n) is 5.63. The summed E-state index contributed by atoms with van der Waals surface area (Å²) in [5, 5.41) is 0.942. The number of hydrogen-bond donors (Lipinski definition) is 1. The van der Waals surface area contributed by atoms with Crippen LogP contribution in [0.2, 0.25) is 0 Å². The number of esters is 1. The number of allylic oxidation sites excluding steroid dienone is 1. The average Bonchev–Trinajstić information content (AvgIpc) is 3.07. The molecule has 0 bridgehead atoms. The van der Waals surface area contributed by atoms with Gasteiger partial charge in [0.25, 0.3) is 9.84 Å². The van der Waals surface area contributed by atoms with Crippen LogP contribution in [0.1, 0.15) is 24.1 Å². The fraction of sp³-hybridized carbons (Fsp3) is 0.409. The number of ether oxygens (including phenoxy) is 1. The summed E-state index contributed by atoms with van der Waals surface area (Å²) in [5.74, 6) is -0.585. The van der Waals surface area contributed by atoms with Crippen LogP contribution >= 0.6 is 0 Å². The number of rotatable bonds is 2. The Balaban J connectivity index is 1.84. The summed E-state index contributed by atoms with van der Waals surface area (Å²) in [6.45, 7) is 0.861. The second kappa shape index (κ2) is 6.95. The molecule has 0 saturated carbocycles. The van der Waals surface area contributed by atoms with Crippen LogP contribution in [0.4, 0.5) is 13.2 Å². The van der Waals surface area contributed by atoms with E-state index in [0.29, 0.717) is 25.2 Å². The van der Waals surface area contributed by atoms with Gasteiger partial charge in [-0.3, -0.25) is 9.69 Å². The molecule has 0 unspecified atom stereocenters. The van der Waals surface area contributed by atoms with Gasteiger partial charge in [0, 0.05) is 29.7 Å². The number of sulfone groups is 1. The standard InChI is InChI=1S/C22H21F3N2O4S/c1-31-20(28)21-10-8-17(32(29,30)22(23,24)25)15-6-4-11-27(19(15)21)12-9-14-13-5-2-3-7-16(13)26-18(14)21/h2-7,19,26H,8-12H2,1H3/t19-,21-/m1/s1. The molecule has 32 heavy (non-hydrogen) atoms. The van der Waals surface area contributed by atoms with Crippen molar-refractivity contribution in [1.29, 1.82) is 0 Å². The summed E-state index contributed by atoms with van der Waals surface area (Å²) in [5.41, 5.74) is -4.38. The van der Waals surface area contributed by atoms with Crippen LogP contribution in [-0.4, -0.2) is 56.0 Å². The molecule has 0 spiro atoms. The van der Waals surface area contributed by atoms with E-state index in [0.717, 1.165) is 16.5 Å². The molecule has 1 N–H and O–H groups in total. The maximum atomic E-state index is 13.5. The zero-order valence-corrected chi connectivity index (χ0v) is 18.0. The van der Waals surface area contributed by atoms with Crippen molar-refractivity contribution in [3.63, 3.8) is 0 Å². The van der Waals surface area contributed by atoms with Gasteiger partial charge in [-0.15, -0.1) is 0 Å². The minimum absolute atomic E-state index is 0.0248. The number of carbonyl (C=O) groups excluding carboxylic acids is 1. The quantitative estimate of drug-likeness (QED) is 0.687. The van der Waals surface area contributed by atoms with Crippen molar-refractivity contribution in [3.8, 4) is 0 Å². The zero-order valence-electron chi connectivity index (χ0n) is 17.2. The number of H-pyrrole nitrogens is 1. The lowest BCUT2D eigenvalue weighted by Gasteiger charge is -2.48. The van der Waals surface area contributed by atoms with Crippen LogP contribution in [0.25, 0.3) is 10.9 Å². The van der Waals surface area contributed by atoms with E-state index in [4.69, 9.17) is 4.74 Å². The van der Waals surface area contributed by atoms with Gasteiger partial charge in [0.05, 0.1) is 18.1 Å². The van der Waals surface area contributed by atoms with Crippen molar-refractivity contribution in [2.75, 3.05) is 20.2 Å². The second-order valence-corrected chi connectivity index (χ2v) is 10.3. The Hall–Kier alpha value is -2.59. The Morgan fingerprint density at radius 2 is 2.00 bits per heavy atom. The van der Waals surface area contributed by atoms with E-state index in [-0.39, 0.29) is 12.0 Å². The summed E-state index contributed by atoms with van der Waals surface area (Å²) in [7, 11) is -4.29. The highest BCUT2D eigenvalue weighted by molar-refractivity contribution is 7.96. The van der Waals surface area contributed by atoms with E-state index >= 15 is 0 Å². The normalized spacial score (nSPS) is 25.9. The molecule has 3 heterocycles. The minimum Gasteiger partial charge on any atom is -0.468 e. The van der Waals surface area contributed by atoms with Gasteiger partial charge in [0.1, 0.15) is 5.41 Å². The predicted molar refractivity (Wildman–Crippen MR) is 111 cm³/mol. The monoisotopic (exact) mass is 466 g/mol. The van der Waals surface area contributed by atoms with Crippen LogP contribution in [0.5, 0.6) is 0 Å². The first-order valence-electron chi connectivity index (χ1n) is 10.3. The molecule has 2 atom stereocenters. The molecule has 3 aliphatic rings. The number of methoxy groups -OCH3 is 1. The Morgan fingerprint density at radius 3 is 2.72 bits per heavy atom. The highest BCUT2D eigenvalue weighted by atomic mass is 32.2. The van der Waals surface area contributed by atoms with Crippen molar-refractivity contribution in [1.82, 2.24) is 9.88 Å². The molecule has 1 aromatic carbocycles. The molecule has 170 valence electrons. The maximum Gasteiger partial charge on any atom is 0.501 e. The van der Waals surface area contributed by atoms with Gasteiger partial charge in [-0.25, -0.2) is 8.42 Å². The molecular formula is C22H21F3N2O4S. The van der Waals surface area contributed by atoms with Crippen molar-refractivity contribution in [3.05, 3.63) is 58.2 Å². The van der Waals surface area contributed by atoms with Gasteiger partial charge < -0.3 is 9.72 Å². The number of nitrogens with one attached hydrogen (secondary N) is 1. The number of hydrogen-bond acceptors (Lipinski definition) is 5. The number of para-hydroxylation sites is 1. The number of fused-ring (bicyclic) bond motifs is 4. The van der Waals surface area contributed by atoms with Crippen LogP contribution in [0.15, 0.2) is 46.9 Å². The number of benzene rings is 1. The van der Waals surface area contributed by atoms with E-state index < -0.39 is 44.1 Å². The summed E-state index contributed by atoms with van der Waals surface area (Å²) in [6.07, 6.45) is 3.14. The summed E-state index contributed by atoms with van der Waals surface area (Å²) in [4.78, 5) is 18.0. The lowest BCUT2D eigenvalue weighted by molar-refractivity contribution is -0.151. The third kappa shape index (κ3) is 2.68. The summed E-state index contributed by atoms with van der Waals surface area (Å²) in [6, 6.07) is 6.69. The number of halogens is 3. The molecular weight excluding hydrogens is 445 g/mol. The van der Waals surface area contributed by atoms with Crippen molar-refractivity contribution < 1.29 is 31.1 Å². The first-order valence-corrected chi connectivity index (χ1v) is 11.7. The fourth-order valence-corrected chi connectivity index (χ4v) is 6.77. The molecule has 2 aromatic rings. The average molecular weight is 466 g/mol. The SMILES string of the molecule is COC(=O)[C@]12CCC(S(=O)(=O)C(F)(F)F)=C3C=CCN(CCc4c1[nH]c1ccccc41)[C@H]32. The molecule has 0 saturated heterocycles. The molecule has 5 rings (SSSR count). The largest absolute Gasteiger partial charge is 0.501 e. The van der Waals surface area contributed by atoms with Crippen LogP contribution in [0, 0.1) is 0 Å². The van der Waals surface area contributed by atoms with Gasteiger partial charge in [-0.05, 0) is 36.5 Å². The van der Waals surface area contributed by atoms with Crippen molar-refractivity contribution in [2.24, 2.45) is 0 Å². The third-order valence-electron chi connectivity index (χ3n) is 6.92. The Bertz CT molecular complexity index is 1290. The molecule has 2 aliphatic heterocycles. The molecule has 6 nitrogen and oxygen atoms in total. The molecule has 1 aliphatic carbocycles. The van der Waals surface area contributed by atoms with Gasteiger partial charge >= 0.3 is 11.5 Å². The number of nitrogens with zero attached hydrogens (tertiary/aromatic N) is 1. The number of aromatic amines is 1. The van der Waals surface area contributed by atoms with Gasteiger partial charge in [-0.1, -0.05) is 30.4 Å². The minimum atomic E-state index is -5.53. The molecule has 0 radical (unpaired) electrons. The lowest BCUT2D eigenvalue weighted by Crippen LogP contribution is -2.59. The smallest absolute Gasteiger partial charge is 0.468 e. The van der Waals surface area contributed by atoms with Gasteiger partial charge in [0.2, 0.25) is 0 Å². The Kier molecular flexibility index (Phi) is 4.62. The van der Waals surface area contributed by atoms with Crippen LogP contribution < -0.4 is 0 Å². The van der Waals surface area contributed by atoms with Gasteiger partial charge in [-0.2, -0.15) is 13.2 Å². The van der Waals surface area contributed by atoms with Crippen molar-refractivity contribution >= 4 is 26.7 Å². The van der Waals surface area contributed by atoms with E-state index in [9.17, 15) is 26.4 Å². The molecule has 0 fully saturated rings. The lowest BCUT2D eigenvalue weighted by atomic mass is 9.66. The first-order chi connectivity index (χ1) is 15.1. The molecule has 1 aromatic heterocycles. The van der Waals surface area contributed by atoms with Crippen LogP contribution in [-0.2, 0) is 31.2 Å². The number of alkyl halides is 3. The van der Waals surface area contributed by atoms with E-state index in [1.807, 2.05) is 29.2 Å². The van der Waals surface area contributed by atoms with E-state index in [2.05, 4.69) is 4.98 Å². The zero-order chi connectivity index (χ0) is 22.9.